The van der Waals surface area contributed by atoms with Crippen molar-refractivity contribution in [1.29, 1.82) is 0 Å². The average Bonchev–Trinajstić information content (AvgIpc) is 3.36. The summed E-state index contributed by atoms with van der Waals surface area (Å²) in [6.07, 6.45) is 4.46. The molecule has 168 valence electrons. The van der Waals surface area contributed by atoms with Crippen molar-refractivity contribution in [2.24, 2.45) is 4.99 Å². The molecule has 0 aliphatic carbocycles. The molecule has 0 spiro atoms. The summed E-state index contributed by atoms with van der Waals surface area (Å²) in [5, 5.41) is 11.5. The first kappa shape index (κ1) is 23.5. The van der Waals surface area contributed by atoms with Gasteiger partial charge in [0.25, 0.3) is 0 Å². The Bertz CT molecular complexity index is 926. The van der Waals surface area contributed by atoms with E-state index >= 15 is 0 Å². The van der Waals surface area contributed by atoms with Gasteiger partial charge in [-0.25, -0.2) is 9.67 Å². The number of likely N-dealkylation sites (tertiary alicyclic amines) is 1. The molecule has 1 aromatic heterocycles. The van der Waals surface area contributed by atoms with E-state index < -0.39 is 0 Å². The van der Waals surface area contributed by atoms with Crippen LogP contribution in [0.2, 0.25) is 0 Å². The van der Waals surface area contributed by atoms with E-state index in [2.05, 4.69) is 56.9 Å². The summed E-state index contributed by atoms with van der Waals surface area (Å²) in [6, 6.07) is 8.69. The van der Waals surface area contributed by atoms with E-state index in [-0.39, 0.29) is 35.9 Å². The maximum absolute atomic E-state index is 11.9. The molecule has 9 heteroatoms. The van der Waals surface area contributed by atoms with Gasteiger partial charge in [-0.15, -0.1) is 24.0 Å². The number of halogens is 1. The highest BCUT2D eigenvalue weighted by Crippen LogP contribution is 2.16. The van der Waals surface area contributed by atoms with Crippen molar-refractivity contribution in [3.05, 3.63) is 47.0 Å². The van der Waals surface area contributed by atoms with Gasteiger partial charge in [-0.1, -0.05) is 31.2 Å². The van der Waals surface area contributed by atoms with E-state index in [1.54, 1.807) is 7.05 Å². The molecular weight excluding hydrogens is 505 g/mol. The normalized spacial score (nSPS) is 18.5. The molecule has 2 aliphatic rings. The summed E-state index contributed by atoms with van der Waals surface area (Å²) in [6.45, 7) is 5.14. The minimum absolute atomic E-state index is 0. The van der Waals surface area contributed by atoms with Crippen LogP contribution in [0, 0.1) is 0 Å². The minimum Gasteiger partial charge on any atom is -0.352 e. The lowest BCUT2D eigenvalue weighted by Crippen LogP contribution is -2.46. The van der Waals surface area contributed by atoms with Gasteiger partial charge in [-0.2, -0.15) is 5.10 Å². The topological polar surface area (TPSA) is 87.4 Å². The Morgan fingerprint density at radius 3 is 2.87 bits per heavy atom. The average molecular weight is 537 g/mol. The molecule has 0 bridgehead atoms. The van der Waals surface area contributed by atoms with Crippen LogP contribution in [0.5, 0.6) is 0 Å². The van der Waals surface area contributed by atoms with Crippen molar-refractivity contribution >= 4 is 35.8 Å². The van der Waals surface area contributed by atoms with Crippen LogP contribution < -0.4 is 10.6 Å². The Balaban J connectivity index is 0.00000272. The fourth-order valence-corrected chi connectivity index (χ4v) is 4.13. The number of aryl methyl sites for hydroxylation is 2. The first-order chi connectivity index (χ1) is 14.6. The Hall–Kier alpha value is -2.17. The lowest BCUT2D eigenvalue weighted by molar-refractivity contribution is -0.128. The number of fused-ring (bicyclic) bond motifs is 1. The maximum atomic E-state index is 11.9. The predicted octanol–water partition coefficient (Wildman–Crippen LogP) is 2.26. The summed E-state index contributed by atoms with van der Waals surface area (Å²) in [5.41, 5.74) is 2.35. The molecule has 4 rings (SSSR count). The third-order valence-corrected chi connectivity index (χ3v) is 5.78. The molecule has 2 aromatic rings. The van der Waals surface area contributed by atoms with Crippen LogP contribution in [-0.2, 0) is 37.3 Å². The van der Waals surface area contributed by atoms with Gasteiger partial charge in [-0.3, -0.25) is 9.79 Å². The second-order valence-corrected chi connectivity index (χ2v) is 8.02. The minimum atomic E-state index is 0. The van der Waals surface area contributed by atoms with E-state index in [9.17, 15) is 4.79 Å². The van der Waals surface area contributed by atoms with Gasteiger partial charge in [0.1, 0.15) is 5.82 Å². The van der Waals surface area contributed by atoms with Gasteiger partial charge < -0.3 is 15.5 Å². The number of amides is 1. The van der Waals surface area contributed by atoms with Crippen molar-refractivity contribution in [2.45, 2.75) is 64.7 Å². The maximum Gasteiger partial charge on any atom is 0.222 e. The van der Waals surface area contributed by atoms with Crippen molar-refractivity contribution < 1.29 is 4.79 Å². The molecule has 1 saturated heterocycles. The number of rotatable bonds is 6. The van der Waals surface area contributed by atoms with Crippen LogP contribution >= 0.6 is 24.0 Å². The molecule has 2 N–H and O–H groups in total. The second kappa shape index (κ2) is 10.9. The second-order valence-electron chi connectivity index (χ2n) is 8.02. The number of carbonyl (C=O) groups is 1. The molecule has 0 saturated carbocycles. The molecule has 1 amide bonds. The van der Waals surface area contributed by atoms with Crippen LogP contribution in [0.4, 0.5) is 0 Å². The first-order valence-electron chi connectivity index (χ1n) is 10.9. The van der Waals surface area contributed by atoms with Crippen LogP contribution in [-0.4, -0.2) is 51.2 Å². The van der Waals surface area contributed by atoms with Crippen LogP contribution in [0.25, 0.3) is 0 Å². The number of nitrogens with zero attached hydrogens (tertiary/aromatic N) is 5. The lowest BCUT2D eigenvalue weighted by Gasteiger charge is -2.25. The highest BCUT2D eigenvalue weighted by molar-refractivity contribution is 14.0. The number of aliphatic imine (C=N–C) groups is 1. The first-order valence-corrected chi connectivity index (χ1v) is 10.9. The quantitative estimate of drug-likeness (QED) is 0.336. The zero-order chi connectivity index (χ0) is 20.9. The molecule has 2 aliphatic heterocycles. The van der Waals surface area contributed by atoms with Gasteiger partial charge in [-0.05, 0) is 24.0 Å². The van der Waals surface area contributed by atoms with E-state index in [1.807, 2.05) is 9.58 Å². The molecule has 1 aromatic carbocycles. The van der Waals surface area contributed by atoms with Gasteiger partial charge in [0.05, 0.1) is 6.54 Å². The predicted molar refractivity (Wildman–Crippen MR) is 131 cm³/mol. The smallest absolute Gasteiger partial charge is 0.222 e. The monoisotopic (exact) mass is 537 g/mol. The summed E-state index contributed by atoms with van der Waals surface area (Å²) >= 11 is 0. The number of benzene rings is 1. The van der Waals surface area contributed by atoms with Crippen molar-refractivity contribution in [3.8, 4) is 0 Å². The number of guanidine groups is 1. The number of hydrogen-bond acceptors (Lipinski definition) is 4. The van der Waals surface area contributed by atoms with E-state index in [0.29, 0.717) is 19.5 Å². The van der Waals surface area contributed by atoms with Crippen molar-refractivity contribution in [2.75, 3.05) is 13.6 Å². The SMILES string of the molecule is CCc1nc2n(n1)CC(NC(=NC)NCc1cccc(CN3CCCC3=O)c1)CC2.I. The Labute approximate surface area is 200 Å². The zero-order valence-electron chi connectivity index (χ0n) is 18.3. The molecule has 1 unspecified atom stereocenters. The molecule has 31 heavy (non-hydrogen) atoms. The number of hydrogen-bond donors (Lipinski definition) is 2. The van der Waals surface area contributed by atoms with Crippen molar-refractivity contribution in [1.82, 2.24) is 30.3 Å². The summed E-state index contributed by atoms with van der Waals surface area (Å²) in [4.78, 5) is 22.8. The molecule has 8 nitrogen and oxygen atoms in total. The number of nitrogens with one attached hydrogen (secondary N) is 2. The number of carbonyl (C=O) groups excluding carboxylic acids is 1. The van der Waals surface area contributed by atoms with Crippen LogP contribution in [0.3, 0.4) is 0 Å². The molecular formula is C22H32IN7O. The summed E-state index contributed by atoms with van der Waals surface area (Å²) in [5.74, 6) is 3.06. The fraction of sp³-hybridized carbons (Fsp3) is 0.545. The van der Waals surface area contributed by atoms with E-state index in [0.717, 1.165) is 56.4 Å². The van der Waals surface area contributed by atoms with Gasteiger partial charge in [0, 0.05) is 52.0 Å². The van der Waals surface area contributed by atoms with Crippen LogP contribution in [0.15, 0.2) is 29.3 Å². The molecule has 1 fully saturated rings. The van der Waals surface area contributed by atoms with E-state index in [1.165, 1.54) is 11.1 Å². The lowest BCUT2D eigenvalue weighted by atomic mass is 10.1. The zero-order valence-corrected chi connectivity index (χ0v) is 20.6. The number of aromatic nitrogens is 3. The van der Waals surface area contributed by atoms with Gasteiger partial charge in [0.15, 0.2) is 11.8 Å². The van der Waals surface area contributed by atoms with Gasteiger partial charge >= 0.3 is 0 Å². The molecule has 3 heterocycles. The summed E-state index contributed by atoms with van der Waals surface area (Å²) in [7, 11) is 1.80. The van der Waals surface area contributed by atoms with Crippen molar-refractivity contribution in [3.63, 3.8) is 0 Å². The largest absolute Gasteiger partial charge is 0.352 e. The fourth-order valence-electron chi connectivity index (χ4n) is 4.13. The highest BCUT2D eigenvalue weighted by Gasteiger charge is 2.22. The molecule has 0 radical (unpaired) electrons. The van der Waals surface area contributed by atoms with Crippen LogP contribution in [0.1, 0.15) is 49.0 Å². The molecule has 1 atom stereocenters. The van der Waals surface area contributed by atoms with E-state index in [4.69, 9.17) is 0 Å². The Kier molecular flexibility index (Phi) is 8.28. The third-order valence-electron chi connectivity index (χ3n) is 5.78. The highest BCUT2D eigenvalue weighted by atomic mass is 127. The third kappa shape index (κ3) is 5.96. The Morgan fingerprint density at radius 2 is 2.13 bits per heavy atom. The van der Waals surface area contributed by atoms with Gasteiger partial charge in [0.2, 0.25) is 5.91 Å². The standard InChI is InChI=1S/C22H31N7O.HI/c1-3-19-26-20-10-9-18(15-29(20)27-19)25-22(23-2)24-13-16-6-4-7-17(12-16)14-28-11-5-8-21(28)30;/h4,6-7,12,18H,3,5,8-11,13-15H2,1-2H3,(H2,23,24,25);1H. The summed E-state index contributed by atoms with van der Waals surface area (Å²) < 4.78 is 2.02. The Morgan fingerprint density at radius 1 is 1.29 bits per heavy atom.